The lowest BCUT2D eigenvalue weighted by Gasteiger charge is -2.25. The van der Waals surface area contributed by atoms with Gasteiger partial charge in [-0.2, -0.15) is 0 Å². The van der Waals surface area contributed by atoms with Gasteiger partial charge in [-0.15, -0.1) is 11.3 Å². The number of thiazole rings is 1. The molecule has 0 aliphatic rings. The van der Waals surface area contributed by atoms with Gasteiger partial charge >= 0.3 is 0 Å². The molecule has 7 heteroatoms. The summed E-state index contributed by atoms with van der Waals surface area (Å²) in [5.74, 6) is 2.25. The molecule has 2 aromatic heterocycles. The summed E-state index contributed by atoms with van der Waals surface area (Å²) >= 11 is 1.70. The monoisotopic (exact) mass is 378 g/mol. The van der Waals surface area contributed by atoms with Crippen LogP contribution in [0.1, 0.15) is 37.0 Å². The highest BCUT2D eigenvalue weighted by molar-refractivity contribution is 7.09. The summed E-state index contributed by atoms with van der Waals surface area (Å²) in [6.45, 7) is 8.12. The zero-order valence-corrected chi connectivity index (χ0v) is 16.8. The Bertz CT molecular complexity index is 614. The van der Waals surface area contributed by atoms with Gasteiger partial charge in [0.2, 0.25) is 0 Å². The molecule has 0 aromatic carbocycles. The zero-order valence-electron chi connectivity index (χ0n) is 16.0. The molecular weight excluding hydrogens is 348 g/mol. The number of hydrogen-bond donors (Lipinski definition) is 1. The summed E-state index contributed by atoms with van der Waals surface area (Å²) in [5.41, 5.74) is 0. The molecule has 0 fully saturated rings. The Hall–Kier alpha value is -1.86. The van der Waals surface area contributed by atoms with Crippen molar-refractivity contribution >= 4 is 17.3 Å². The molecule has 0 aliphatic carbocycles. The van der Waals surface area contributed by atoms with Crippen LogP contribution in [0.15, 0.2) is 39.4 Å². The number of ether oxygens (including phenoxy) is 1. The van der Waals surface area contributed by atoms with Crippen LogP contribution in [0.3, 0.4) is 0 Å². The Labute approximate surface area is 160 Å². The summed E-state index contributed by atoms with van der Waals surface area (Å²) in [6.07, 6.45) is 5.33. The minimum Gasteiger partial charge on any atom is -0.469 e. The highest BCUT2D eigenvalue weighted by Crippen LogP contribution is 2.18. The fourth-order valence-corrected chi connectivity index (χ4v) is 3.30. The van der Waals surface area contributed by atoms with E-state index in [1.165, 1.54) is 0 Å². The molecule has 0 saturated heterocycles. The molecule has 1 unspecified atom stereocenters. The molecule has 0 radical (unpaired) electrons. The average molecular weight is 379 g/mol. The molecule has 144 valence electrons. The van der Waals surface area contributed by atoms with E-state index in [0.29, 0.717) is 5.92 Å². The van der Waals surface area contributed by atoms with E-state index in [2.05, 4.69) is 29.2 Å². The molecule has 2 heterocycles. The van der Waals surface area contributed by atoms with E-state index in [1.54, 1.807) is 17.6 Å². The maximum atomic E-state index is 5.40. The second-order valence-electron chi connectivity index (χ2n) is 6.16. The third-order valence-corrected chi connectivity index (χ3v) is 4.94. The first-order chi connectivity index (χ1) is 12.7. The summed E-state index contributed by atoms with van der Waals surface area (Å²) in [6, 6.07) is 3.91. The van der Waals surface area contributed by atoms with Gasteiger partial charge in [-0.3, -0.25) is 4.99 Å². The molecule has 0 aliphatic heterocycles. The molecule has 0 spiro atoms. The van der Waals surface area contributed by atoms with Gasteiger partial charge in [-0.25, -0.2) is 4.98 Å². The fourth-order valence-electron chi connectivity index (χ4n) is 2.61. The second kappa shape index (κ2) is 11.7. The lowest BCUT2D eigenvalue weighted by atomic mass is 10.2. The normalized spacial score (nSPS) is 13.0. The molecule has 1 N–H and O–H groups in total. The number of rotatable bonds is 11. The number of guanidine groups is 1. The fraction of sp³-hybridized carbons (Fsp3) is 0.579. The van der Waals surface area contributed by atoms with Gasteiger partial charge in [0.05, 0.1) is 11.3 Å². The van der Waals surface area contributed by atoms with Crippen LogP contribution in [0, 0.1) is 0 Å². The SMILES string of the molecule is CCOCCCN=C(NCCc1ccco1)N(C)CC(C)c1nccs1. The molecule has 0 saturated carbocycles. The van der Waals surface area contributed by atoms with Crippen molar-refractivity contribution in [3.05, 3.63) is 40.7 Å². The van der Waals surface area contributed by atoms with Crippen LogP contribution < -0.4 is 5.32 Å². The lowest BCUT2D eigenvalue weighted by Crippen LogP contribution is -2.41. The van der Waals surface area contributed by atoms with Crippen LogP contribution >= 0.6 is 11.3 Å². The number of nitrogens with one attached hydrogen (secondary N) is 1. The number of aromatic nitrogens is 1. The van der Waals surface area contributed by atoms with Gasteiger partial charge in [0.1, 0.15) is 5.76 Å². The number of aliphatic imine (C=N–C) groups is 1. The summed E-state index contributed by atoms with van der Waals surface area (Å²) < 4.78 is 10.8. The Morgan fingerprint density at radius 1 is 1.50 bits per heavy atom. The molecule has 2 rings (SSSR count). The smallest absolute Gasteiger partial charge is 0.193 e. The van der Waals surface area contributed by atoms with E-state index in [9.17, 15) is 0 Å². The van der Waals surface area contributed by atoms with Crippen molar-refractivity contribution in [2.45, 2.75) is 32.6 Å². The second-order valence-corrected chi connectivity index (χ2v) is 7.09. The minimum atomic E-state index is 0.362. The molecular formula is C19H30N4O2S. The summed E-state index contributed by atoms with van der Waals surface area (Å²) in [4.78, 5) is 11.4. The highest BCUT2D eigenvalue weighted by atomic mass is 32.1. The zero-order chi connectivity index (χ0) is 18.6. The van der Waals surface area contributed by atoms with Crippen LogP contribution in [-0.4, -0.2) is 55.7 Å². The van der Waals surface area contributed by atoms with E-state index in [-0.39, 0.29) is 0 Å². The first kappa shape index (κ1) is 20.5. The highest BCUT2D eigenvalue weighted by Gasteiger charge is 2.14. The van der Waals surface area contributed by atoms with Crippen molar-refractivity contribution in [2.75, 3.05) is 39.9 Å². The lowest BCUT2D eigenvalue weighted by molar-refractivity contribution is 0.146. The van der Waals surface area contributed by atoms with E-state index in [4.69, 9.17) is 14.1 Å². The number of nitrogens with zero attached hydrogens (tertiary/aromatic N) is 3. The van der Waals surface area contributed by atoms with Crippen molar-refractivity contribution in [2.24, 2.45) is 4.99 Å². The van der Waals surface area contributed by atoms with Crippen molar-refractivity contribution in [3.63, 3.8) is 0 Å². The minimum absolute atomic E-state index is 0.362. The quantitative estimate of drug-likeness (QED) is 0.369. The number of hydrogen-bond acceptors (Lipinski definition) is 5. The number of furan rings is 1. The van der Waals surface area contributed by atoms with Crippen LogP contribution in [0.4, 0.5) is 0 Å². The molecule has 6 nitrogen and oxygen atoms in total. The van der Waals surface area contributed by atoms with Gasteiger partial charge in [0.25, 0.3) is 0 Å². The third-order valence-electron chi connectivity index (χ3n) is 3.93. The first-order valence-electron chi connectivity index (χ1n) is 9.19. The van der Waals surface area contributed by atoms with Crippen molar-refractivity contribution < 1.29 is 9.15 Å². The van der Waals surface area contributed by atoms with E-state index in [0.717, 1.165) is 62.4 Å². The van der Waals surface area contributed by atoms with Gasteiger partial charge in [0.15, 0.2) is 5.96 Å². The van der Waals surface area contributed by atoms with Crippen molar-refractivity contribution in [1.82, 2.24) is 15.2 Å². The standard InChI is InChI=1S/C19H30N4O2S/c1-4-24-12-6-9-21-19(22-10-8-17-7-5-13-25-17)23(3)15-16(2)18-20-11-14-26-18/h5,7,11,13-14,16H,4,6,8-10,12,15H2,1-3H3,(H,21,22). The first-order valence-corrected chi connectivity index (χ1v) is 10.1. The van der Waals surface area contributed by atoms with Gasteiger partial charge in [0, 0.05) is 63.8 Å². The van der Waals surface area contributed by atoms with E-state index in [1.807, 2.05) is 30.6 Å². The molecule has 2 aromatic rings. The Kier molecular flexibility index (Phi) is 9.20. The molecule has 26 heavy (non-hydrogen) atoms. The van der Waals surface area contributed by atoms with Crippen molar-refractivity contribution in [3.8, 4) is 0 Å². The summed E-state index contributed by atoms with van der Waals surface area (Å²) in [5, 5.41) is 6.64. The van der Waals surface area contributed by atoms with Gasteiger partial charge in [-0.05, 0) is 25.5 Å². The predicted molar refractivity (Wildman–Crippen MR) is 107 cm³/mol. The largest absolute Gasteiger partial charge is 0.469 e. The predicted octanol–water partition coefficient (Wildman–Crippen LogP) is 3.39. The molecule has 0 amide bonds. The summed E-state index contributed by atoms with van der Waals surface area (Å²) in [7, 11) is 2.07. The Balaban J connectivity index is 1.87. The van der Waals surface area contributed by atoms with E-state index >= 15 is 0 Å². The van der Waals surface area contributed by atoms with Crippen molar-refractivity contribution in [1.29, 1.82) is 0 Å². The van der Waals surface area contributed by atoms with Crippen LogP contribution in [0.5, 0.6) is 0 Å². The Morgan fingerprint density at radius 2 is 2.38 bits per heavy atom. The van der Waals surface area contributed by atoms with Gasteiger partial charge in [-0.1, -0.05) is 6.92 Å². The molecule has 0 bridgehead atoms. The Morgan fingerprint density at radius 3 is 3.08 bits per heavy atom. The van der Waals surface area contributed by atoms with Gasteiger partial charge < -0.3 is 19.4 Å². The van der Waals surface area contributed by atoms with Crippen LogP contribution in [0.2, 0.25) is 0 Å². The van der Waals surface area contributed by atoms with Crippen LogP contribution in [0.25, 0.3) is 0 Å². The topological polar surface area (TPSA) is 62.9 Å². The third kappa shape index (κ3) is 7.17. The van der Waals surface area contributed by atoms with Crippen LogP contribution in [-0.2, 0) is 11.2 Å². The maximum absolute atomic E-state index is 5.40. The molecule has 1 atom stereocenters. The van der Waals surface area contributed by atoms with E-state index < -0.39 is 0 Å². The average Bonchev–Trinajstić information content (AvgIpc) is 3.33. The number of likely N-dealkylation sites (N-methyl/N-ethyl adjacent to an activating group) is 1. The maximum Gasteiger partial charge on any atom is 0.193 e.